The second kappa shape index (κ2) is 7.03. The molecule has 0 fully saturated rings. The van der Waals surface area contributed by atoms with Gasteiger partial charge < -0.3 is 5.32 Å². The van der Waals surface area contributed by atoms with E-state index in [2.05, 4.69) is 15.3 Å². The van der Waals surface area contributed by atoms with Gasteiger partial charge in [-0.15, -0.1) is 0 Å². The van der Waals surface area contributed by atoms with Crippen LogP contribution in [0.2, 0.25) is 5.15 Å². The number of amides is 1. The van der Waals surface area contributed by atoms with Gasteiger partial charge in [0.05, 0.1) is 5.56 Å². The summed E-state index contributed by atoms with van der Waals surface area (Å²) >= 11 is 6.14. The van der Waals surface area contributed by atoms with Crippen LogP contribution in [0.4, 0.5) is 0 Å². The van der Waals surface area contributed by atoms with Crippen LogP contribution >= 0.6 is 11.6 Å². The lowest BCUT2D eigenvalue weighted by atomic mass is 10.2. The summed E-state index contributed by atoms with van der Waals surface area (Å²) in [6, 6.07) is 19.1. The zero-order valence-corrected chi connectivity index (χ0v) is 13.0. The van der Waals surface area contributed by atoms with Crippen LogP contribution in [0.25, 0.3) is 11.4 Å². The fourth-order valence-corrected chi connectivity index (χ4v) is 2.33. The van der Waals surface area contributed by atoms with E-state index < -0.39 is 0 Å². The van der Waals surface area contributed by atoms with Crippen molar-refractivity contribution in [1.29, 1.82) is 0 Å². The average molecular weight is 324 g/mol. The Morgan fingerprint density at radius 1 is 1.00 bits per heavy atom. The maximum atomic E-state index is 12.2. The molecule has 3 aromatic rings. The fourth-order valence-electron chi connectivity index (χ4n) is 2.11. The molecule has 0 radical (unpaired) electrons. The molecule has 3 rings (SSSR count). The number of nitrogens with zero attached hydrogens (tertiary/aromatic N) is 2. The molecule has 0 aliphatic heterocycles. The first-order chi connectivity index (χ1) is 11.2. The van der Waals surface area contributed by atoms with E-state index in [1.165, 1.54) is 6.20 Å². The predicted octanol–water partition coefficient (Wildman–Crippen LogP) is 3.73. The molecule has 5 heteroatoms. The van der Waals surface area contributed by atoms with Crippen molar-refractivity contribution in [1.82, 2.24) is 15.3 Å². The Kier molecular flexibility index (Phi) is 4.64. The number of nitrogens with one attached hydrogen (secondary N) is 1. The Labute approximate surface area is 139 Å². The lowest BCUT2D eigenvalue weighted by molar-refractivity contribution is 0.0950. The monoisotopic (exact) mass is 323 g/mol. The number of carbonyl (C=O) groups is 1. The van der Waals surface area contributed by atoms with Gasteiger partial charge in [-0.3, -0.25) is 4.79 Å². The third-order valence-corrected chi connectivity index (χ3v) is 3.60. The maximum Gasteiger partial charge on any atom is 0.256 e. The largest absolute Gasteiger partial charge is 0.348 e. The molecule has 0 aliphatic rings. The van der Waals surface area contributed by atoms with E-state index in [4.69, 9.17) is 11.6 Å². The highest BCUT2D eigenvalue weighted by Gasteiger charge is 2.13. The van der Waals surface area contributed by atoms with Gasteiger partial charge in [-0.05, 0) is 5.56 Å². The minimum Gasteiger partial charge on any atom is -0.348 e. The predicted molar refractivity (Wildman–Crippen MR) is 90.1 cm³/mol. The quantitative estimate of drug-likeness (QED) is 0.744. The lowest BCUT2D eigenvalue weighted by Gasteiger charge is -2.07. The first-order valence-corrected chi connectivity index (χ1v) is 7.52. The number of rotatable bonds is 4. The van der Waals surface area contributed by atoms with Crippen LogP contribution < -0.4 is 5.32 Å². The van der Waals surface area contributed by atoms with Gasteiger partial charge in [0.2, 0.25) is 0 Å². The van der Waals surface area contributed by atoms with Crippen LogP contribution in [0.1, 0.15) is 15.9 Å². The standard InChI is InChI=1S/C18H14ClN3O/c19-16-15(18(23)21-11-13-7-3-1-4-8-13)12-20-17(22-16)14-9-5-2-6-10-14/h1-10,12H,11H2,(H,21,23). The highest BCUT2D eigenvalue weighted by molar-refractivity contribution is 6.32. The molecule has 1 amide bonds. The summed E-state index contributed by atoms with van der Waals surface area (Å²) in [5.41, 5.74) is 2.13. The van der Waals surface area contributed by atoms with Crippen molar-refractivity contribution in [2.75, 3.05) is 0 Å². The molecule has 0 unspecified atom stereocenters. The van der Waals surface area contributed by atoms with E-state index in [1.807, 2.05) is 60.7 Å². The second-order valence-corrected chi connectivity index (χ2v) is 5.29. The van der Waals surface area contributed by atoms with Crippen molar-refractivity contribution < 1.29 is 4.79 Å². The Morgan fingerprint density at radius 2 is 1.65 bits per heavy atom. The Hall–Kier alpha value is -2.72. The number of hydrogen-bond donors (Lipinski definition) is 1. The van der Waals surface area contributed by atoms with Gasteiger partial charge in [0.15, 0.2) is 5.82 Å². The zero-order valence-electron chi connectivity index (χ0n) is 12.2. The van der Waals surface area contributed by atoms with Crippen molar-refractivity contribution in [2.45, 2.75) is 6.54 Å². The number of carbonyl (C=O) groups excluding carboxylic acids is 1. The average Bonchev–Trinajstić information content (AvgIpc) is 2.61. The topological polar surface area (TPSA) is 54.9 Å². The van der Waals surface area contributed by atoms with Crippen LogP contribution in [0.15, 0.2) is 66.9 Å². The smallest absolute Gasteiger partial charge is 0.256 e. The highest BCUT2D eigenvalue weighted by atomic mass is 35.5. The molecule has 1 N–H and O–H groups in total. The van der Waals surface area contributed by atoms with Crippen molar-refractivity contribution in [3.05, 3.63) is 83.1 Å². The Balaban J connectivity index is 1.74. The normalized spacial score (nSPS) is 10.3. The molecule has 0 saturated heterocycles. The van der Waals surface area contributed by atoms with E-state index in [0.29, 0.717) is 12.4 Å². The summed E-state index contributed by atoms with van der Waals surface area (Å²) in [4.78, 5) is 20.7. The number of halogens is 1. The molecule has 0 saturated carbocycles. The number of benzene rings is 2. The zero-order chi connectivity index (χ0) is 16.1. The summed E-state index contributed by atoms with van der Waals surface area (Å²) in [6.07, 6.45) is 1.46. The summed E-state index contributed by atoms with van der Waals surface area (Å²) in [5.74, 6) is 0.202. The molecule has 0 spiro atoms. The molecular weight excluding hydrogens is 310 g/mol. The van der Waals surface area contributed by atoms with Gasteiger partial charge in [-0.25, -0.2) is 9.97 Å². The SMILES string of the molecule is O=C(NCc1ccccc1)c1cnc(-c2ccccc2)nc1Cl. The lowest BCUT2D eigenvalue weighted by Crippen LogP contribution is -2.23. The molecule has 0 bridgehead atoms. The Morgan fingerprint density at radius 3 is 2.30 bits per heavy atom. The molecule has 0 aliphatic carbocycles. The van der Waals surface area contributed by atoms with E-state index in [9.17, 15) is 4.79 Å². The molecule has 114 valence electrons. The third kappa shape index (κ3) is 3.73. The Bertz CT molecular complexity index is 807. The molecule has 4 nitrogen and oxygen atoms in total. The van der Waals surface area contributed by atoms with Crippen molar-refractivity contribution >= 4 is 17.5 Å². The van der Waals surface area contributed by atoms with E-state index >= 15 is 0 Å². The van der Waals surface area contributed by atoms with Crippen molar-refractivity contribution in [3.63, 3.8) is 0 Å². The summed E-state index contributed by atoms with van der Waals surface area (Å²) in [7, 11) is 0. The van der Waals surface area contributed by atoms with E-state index in [-0.39, 0.29) is 16.6 Å². The molecule has 2 aromatic carbocycles. The van der Waals surface area contributed by atoms with Gasteiger partial charge in [-0.1, -0.05) is 72.3 Å². The summed E-state index contributed by atoms with van der Waals surface area (Å²) in [5, 5.41) is 2.95. The summed E-state index contributed by atoms with van der Waals surface area (Å²) in [6.45, 7) is 0.427. The number of aromatic nitrogens is 2. The molecule has 1 heterocycles. The van der Waals surface area contributed by atoms with E-state index in [1.54, 1.807) is 0 Å². The van der Waals surface area contributed by atoms with Gasteiger partial charge >= 0.3 is 0 Å². The second-order valence-electron chi connectivity index (χ2n) is 4.93. The van der Waals surface area contributed by atoms with Gasteiger partial charge in [0, 0.05) is 18.3 Å². The van der Waals surface area contributed by atoms with Crippen molar-refractivity contribution in [2.24, 2.45) is 0 Å². The molecular formula is C18H14ClN3O. The van der Waals surface area contributed by atoms with Crippen LogP contribution in [-0.2, 0) is 6.54 Å². The van der Waals surface area contributed by atoms with Crippen molar-refractivity contribution in [3.8, 4) is 11.4 Å². The van der Waals surface area contributed by atoms with Gasteiger partial charge in [-0.2, -0.15) is 0 Å². The van der Waals surface area contributed by atoms with E-state index in [0.717, 1.165) is 11.1 Å². The summed E-state index contributed by atoms with van der Waals surface area (Å²) < 4.78 is 0. The van der Waals surface area contributed by atoms with Crippen LogP contribution in [0.3, 0.4) is 0 Å². The minimum atomic E-state index is -0.293. The molecule has 23 heavy (non-hydrogen) atoms. The highest BCUT2D eigenvalue weighted by Crippen LogP contribution is 2.19. The van der Waals surface area contributed by atoms with Gasteiger partial charge in [0.1, 0.15) is 5.15 Å². The van der Waals surface area contributed by atoms with Crippen LogP contribution in [-0.4, -0.2) is 15.9 Å². The van der Waals surface area contributed by atoms with Crippen LogP contribution in [0, 0.1) is 0 Å². The molecule has 0 atom stereocenters. The first-order valence-electron chi connectivity index (χ1n) is 7.14. The third-order valence-electron chi connectivity index (χ3n) is 3.31. The first kappa shape index (κ1) is 15.2. The molecule has 1 aromatic heterocycles. The van der Waals surface area contributed by atoms with Gasteiger partial charge in [0.25, 0.3) is 5.91 Å². The minimum absolute atomic E-state index is 0.143. The number of hydrogen-bond acceptors (Lipinski definition) is 3. The fraction of sp³-hybridized carbons (Fsp3) is 0.0556. The van der Waals surface area contributed by atoms with Crippen LogP contribution in [0.5, 0.6) is 0 Å². The maximum absolute atomic E-state index is 12.2.